The van der Waals surface area contributed by atoms with Gasteiger partial charge in [0.2, 0.25) is 5.91 Å². The smallest absolute Gasteiger partial charge is 0.233 e. The van der Waals surface area contributed by atoms with Crippen LogP contribution in [0.5, 0.6) is 0 Å². The Balaban J connectivity index is 1.65. The summed E-state index contributed by atoms with van der Waals surface area (Å²) in [6.45, 7) is 2.75. The number of halogens is 1. The average Bonchev–Trinajstić information content (AvgIpc) is 2.69. The third-order valence-electron chi connectivity index (χ3n) is 5.02. The van der Waals surface area contributed by atoms with Crippen molar-refractivity contribution in [2.24, 2.45) is 5.41 Å². The predicted octanol–water partition coefficient (Wildman–Crippen LogP) is 3.91. The molecule has 0 bridgehead atoms. The van der Waals surface area contributed by atoms with Crippen LogP contribution in [0.25, 0.3) is 0 Å². The zero-order valence-corrected chi connectivity index (χ0v) is 16.3. The molecule has 1 aliphatic heterocycles. The Morgan fingerprint density at radius 1 is 1.19 bits per heavy atom. The highest BCUT2D eigenvalue weighted by Gasteiger charge is 2.39. The van der Waals surface area contributed by atoms with Gasteiger partial charge in [-0.1, -0.05) is 41.9 Å². The fourth-order valence-electron chi connectivity index (χ4n) is 3.41. The zero-order valence-electron chi connectivity index (χ0n) is 15.6. The molecule has 1 aliphatic rings. The summed E-state index contributed by atoms with van der Waals surface area (Å²) >= 11 is 6.41. The lowest BCUT2D eigenvalue weighted by Crippen LogP contribution is -2.47. The molecule has 0 unspecified atom stereocenters. The van der Waals surface area contributed by atoms with Crippen LogP contribution >= 0.6 is 11.6 Å². The molecule has 3 rings (SSSR count). The van der Waals surface area contributed by atoms with Crippen molar-refractivity contribution in [1.82, 2.24) is 5.32 Å². The van der Waals surface area contributed by atoms with E-state index < -0.39 is 5.41 Å². The number of rotatable bonds is 7. The lowest BCUT2D eigenvalue weighted by Gasteiger charge is -2.35. The molecule has 1 fully saturated rings. The van der Waals surface area contributed by atoms with Crippen LogP contribution in [0, 0.1) is 5.41 Å². The van der Waals surface area contributed by atoms with Gasteiger partial charge in [0.25, 0.3) is 0 Å². The van der Waals surface area contributed by atoms with Crippen molar-refractivity contribution in [3.8, 4) is 0 Å². The van der Waals surface area contributed by atoms with Crippen molar-refractivity contribution in [3.05, 3.63) is 59.1 Å². The van der Waals surface area contributed by atoms with Gasteiger partial charge in [0, 0.05) is 19.3 Å². The van der Waals surface area contributed by atoms with Crippen LogP contribution in [0.2, 0.25) is 5.02 Å². The van der Waals surface area contributed by atoms with Crippen molar-refractivity contribution < 1.29 is 9.53 Å². The van der Waals surface area contributed by atoms with E-state index in [4.69, 9.17) is 16.3 Å². The fraction of sp³-hybridized carbons (Fsp3) is 0.381. The lowest BCUT2D eigenvalue weighted by atomic mass is 9.78. The molecule has 0 atom stereocenters. The number of hydrogen-bond acceptors (Lipinski definition) is 4. The molecule has 1 heterocycles. The van der Waals surface area contributed by atoms with Crippen LogP contribution in [0.4, 0.5) is 11.4 Å². The minimum Gasteiger partial charge on any atom is -0.384 e. The van der Waals surface area contributed by atoms with Gasteiger partial charge in [-0.15, -0.1) is 0 Å². The van der Waals surface area contributed by atoms with Crippen molar-refractivity contribution >= 4 is 28.9 Å². The van der Waals surface area contributed by atoms with Gasteiger partial charge in [-0.3, -0.25) is 4.79 Å². The summed E-state index contributed by atoms with van der Waals surface area (Å²) in [6.07, 6.45) is 1.52. The van der Waals surface area contributed by atoms with Gasteiger partial charge in [0.1, 0.15) is 0 Å². The summed E-state index contributed by atoms with van der Waals surface area (Å²) in [5.74, 6) is -0.00749. The van der Waals surface area contributed by atoms with Crippen molar-refractivity contribution in [1.29, 1.82) is 0 Å². The van der Waals surface area contributed by atoms with Crippen molar-refractivity contribution in [3.63, 3.8) is 0 Å². The standard InChI is InChI=1S/C21H26ClN3O2/c1-27-15-21(9-11-23-12-10-21)20(26)25-17-7-8-19(18(22)13-17)24-14-16-5-3-2-4-6-16/h2-8,13,23-24H,9-12,14-15H2,1H3,(H,25,26). The molecular formula is C21H26ClN3O2. The number of methoxy groups -OCH3 is 1. The Labute approximate surface area is 165 Å². The van der Waals surface area contributed by atoms with Crippen LogP contribution in [0.3, 0.4) is 0 Å². The van der Waals surface area contributed by atoms with E-state index in [0.29, 0.717) is 23.9 Å². The van der Waals surface area contributed by atoms with Crippen LogP contribution < -0.4 is 16.0 Å². The molecule has 0 radical (unpaired) electrons. The number of ether oxygens (including phenoxy) is 1. The third-order valence-corrected chi connectivity index (χ3v) is 5.33. The second-order valence-electron chi connectivity index (χ2n) is 6.95. The molecule has 2 aromatic carbocycles. The van der Waals surface area contributed by atoms with Gasteiger partial charge < -0.3 is 20.7 Å². The Kier molecular flexibility index (Phi) is 6.72. The number of anilines is 2. The summed E-state index contributed by atoms with van der Waals surface area (Å²) in [5.41, 5.74) is 2.23. The number of carbonyl (C=O) groups excluding carboxylic acids is 1. The summed E-state index contributed by atoms with van der Waals surface area (Å²) < 4.78 is 5.34. The Hall–Kier alpha value is -2.08. The Morgan fingerprint density at radius 2 is 1.93 bits per heavy atom. The maximum absolute atomic E-state index is 12.9. The average molecular weight is 388 g/mol. The normalized spacial score (nSPS) is 15.9. The first kappa shape index (κ1) is 19.7. The summed E-state index contributed by atoms with van der Waals surface area (Å²) in [4.78, 5) is 12.9. The summed E-state index contributed by atoms with van der Waals surface area (Å²) in [7, 11) is 1.64. The fourth-order valence-corrected chi connectivity index (χ4v) is 3.66. The maximum atomic E-state index is 12.9. The Morgan fingerprint density at radius 3 is 2.59 bits per heavy atom. The second kappa shape index (κ2) is 9.22. The highest BCUT2D eigenvalue weighted by molar-refractivity contribution is 6.33. The number of benzene rings is 2. The number of carbonyl (C=O) groups is 1. The van der Waals surface area contributed by atoms with Crippen molar-refractivity contribution in [2.75, 3.05) is 37.4 Å². The molecular weight excluding hydrogens is 362 g/mol. The van der Waals surface area contributed by atoms with E-state index in [-0.39, 0.29) is 5.91 Å². The first-order valence-electron chi connectivity index (χ1n) is 9.21. The van der Waals surface area contributed by atoms with Crippen LogP contribution in [0.15, 0.2) is 48.5 Å². The second-order valence-corrected chi connectivity index (χ2v) is 7.36. The molecule has 0 aliphatic carbocycles. The molecule has 6 heteroatoms. The van der Waals surface area contributed by atoms with Gasteiger partial charge in [-0.2, -0.15) is 0 Å². The van der Waals surface area contributed by atoms with E-state index in [0.717, 1.165) is 31.6 Å². The zero-order chi connectivity index (χ0) is 19.1. The van der Waals surface area contributed by atoms with Gasteiger partial charge in [0.15, 0.2) is 0 Å². The van der Waals surface area contributed by atoms with Crippen LogP contribution in [0.1, 0.15) is 18.4 Å². The summed E-state index contributed by atoms with van der Waals surface area (Å²) in [5, 5.41) is 10.2. The maximum Gasteiger partial charge on any atom is 0.233 e. The van der Waals surface area contributed by atoms with Crippen LogP contribution in [-0.2, 0) is 16.1 Å². The van der Waals surface area contributed by atoms with Gasteiger partial charge in [0.05, 0.1) is 22.7 Å². The summed E-state index contributed by atoms with van der Waals surface area (Å²) in [6, 6.07) is 15.7. The topological polar surface area (TPSA) is 62.4 Å². The van der Waals surface area contributed by atoms with E-state index in [1.54, 1.807) is 13.2 Å². The number of nitrogens with one attached hydrogen (secondary N) is 3. The van der Waals surface area contributed by atoms with Crippen molar-refractivity contribution in [2.45, 2.75) is 19.4 Å². The molecule has 2 aromatic rings. The first-order chi connectivity index (χ1) is 13.1. The van der Waals surface area contributed by atoms with Gasteiger partial charge in [-0.05, 0) is 49.7 Å². The molecule has 144 valence electrons. The van der Waals surface area contributed by atoms with E-state index >= 15 is 0 Å². The number of hydrogen-bond donors (Lipinski definition) is 3. The quantitative estimate of drug-likeness (QED) is 0.674. The highest BCUT2D eigenvalue weighted by atomic mass is 35.5. The molecule has 1 amide bonds. The third kappa shape index (κ3) is 5.01. The molecule has 3 N–H and O–H groups in total. The molecule has 1 saturated heterocycles. The van der Waals surface area contributed by atoms with Crippen LogP contribution in [-0.4, -0.2) is 32.7 Å². The largest absolute Gasteiger partial charge is 0.384 e. The van der Waals surface area contributed by atoms with Gasteiger partial charge in [-0.25, -0.2) is 0 Å². The van der Waals surface area contributed by atoms with E-state index in [9.17, 15) is 4.79 Å². The highest BCUT2D eigenvalue weighted by Crippen LogP contribution is 2.32. The van der Waals surface area contributed by atoms with Gasteiger partial charge >= 0.3 is 0 Å². The first-order valence-corrected chi connectivity index (χ1v) is 9.59. The molecule has 0 aromatic heterocycles. The molecule has 0 spiro atoms. The molecule has 5 nitrogen and oxygen atoms in total. The predicted molar refractivity (Wildman–Crippen MR) is 110 cm³/mol. The SMILES string of the molecule is COCC1(C(=O)Nc2ccc(NCc3ccccc3)c(Cl)c2)CCNCC1. The molecule has 0 saturated carbocycles. The van der Waals surface area contributed by atoms with E-state index in [1.807, 2.05) is 30.3 Å². The van der Waals surface area contributed by atoms with E-state index in [2.05, 4.69) is 28.1 Å². The molecule has 27 heavy (non-hydrogen) atoms. The number of amides is 1. The lowest BCUT2D eigenvalue weighted by molar-refractivity contribution is -0.130. The minimum absolute atomic E-state index is 0.00749. The number of piperidine rings is 1. The minimum atomic E-state index is -0.489. The monoisotopic (exact) mass is 387 g/mol. The van der Waals surface area contributed by atoms with E-state index in [1.165, 1.54) is 5.56 Å². The Bertz CT molecular complexity index is 756.